The molecule has 98 valence electrons. The van der Waals surface area contributed by atoms with Crippen LogP contribution in [0.4, 0.5) is 0 Å². The van der Waals surface area contributed by atoms with Crippen molar-refractivity contribution in [1.29, 1.82) is 0 Å². The van der Waals surface area contributed by atoms with Gasteiger partial charge in [-0.05, 0) is 38.8 Å². The highest BCUT2D eigenvalue weighted by Gasteiger charge is 2.24. The van der Waals surface area contributed by atoms with Crippen molar-refractivity contribution < 1.29 is 9.53 Å². The van der Waals surface area contributed by atoms with Crippen LogP contribution in [-0.4, -0.2) is 29.6 Å². The summed E-state index contributed by atoms with van der Waals surface area (Å²) in [6.45, 7) is 4.42. The number of aromatic nitrogens is 1. The Hall–Kier alpha value is -1.62. The summed E-state index contributed by atoms with van der Waals surface area (Å²) in [6.07, 6.45) is 2.03. The largest absolute Gasteiger partial charge is 0.376 e. The Bertz CT molecular complexity index is 489. The Kier molecular flexibility index (Phi) is 3.81. The van der Waals surface area contributed by atoms with Crippen molar-refractivity contribution >= 4 is 5.91 Å². The molecule has 0 aromatic carbocycles. The molecular weight excluding hydrogens is 232 g/mol. The van der Waals surface area contributed by atoms with E-state index in [2.05, 4.69) is 10.3 Å². The molecule has 0 saturated carbocycles. The van der Waals surface area contributed by atoms with Crippen LogP contribution in [0.2, 0.25) is 0 Å². The van der Waals surface area contributed by atoms with E-state index in [4.69, 9.17) is 4.74 Å². The van der Waals surface area contributed by atoms with Gasteiger partial charge >= 0.3 is 0 Å². The molecule has 1 amide bonds. The molecule has 2 heterocycles. The second kappa shape index (κ2) is 5.35. The van der Waals surface area contributed by atoms with Crippen molar-refractivity contribution in [1.82, 2.24) is 10.3 Å². The summed E-state index contributed by atoms with van der Waals surface area (Å²) < 4.78 is 5.50. The molecule has 0 bridgehead atoms. The van der Waals surface area contributed by atoms with Gasteiger partial charge in [0, 0.05) is 12.3 Å². The van der Waals surface area contributed by atoms with Gasteiger partial charge in [-0.3, -0.25) is 9.59 Å². The number of amides is 1. The third-order valence-electron chi connectivity index (χ3n) is 3.18. The van der Waals surface area contributed by atoms with Crippen molar-refractivity contribution in [2.24, 2.45) is 0 Å². The number of carbonyl (C=O) groups excluding carboxylic acids is 1. The van der Waals surface area contributed by atoms with Gasteiger partial charge in [-0.2, -0.15) is 0 Å². The van der Waals surface area contributed by atoms with Crippen LogP contribution in [0.25, 0.3) is 0 Å². The van der Waals surface area contributed by atoms with Crippen LogP contribution in [0.15, 0.2) is 16.9 Å². The molecule has 5 nitrogen and oxygen atoms in total. The monoisotopic (exact) mass is 250 g/mol. The summed E-state index contributed by atoms with van der Waals surface area (Å²) in [5, 5.41) is 2.81. The first-order valence-corrected chi connectivity index (χ1v) is 6.20. The molecule has 0 spiro atoms. The van der Waals surface area contributed by atoms with E-state index in [9.17, 15) is 9.59 Å². The first kappa shape index (κ1) is 12.8. The lowest BCUT2D eigenvalue weighted by Gasteiger charge is -2.19. The Morgan fingerprint density at radius 2 is 2.33 bits per heavy atom. The smallest absolute Gasteiger partial charge is 0.260 e. The van der Waals surface area contributed by atoms with Crippen LogP contribution in [0, 0.1) is 6.92 Å². The van der Waals surface area contributed by atoms with Crippen molar-refractivity contribution in [2.75, 3.05) is 6.61 Å². The van der Waals surface area contributed by atoms with Crippen LogP contribution >= 0.6 is 0 Å². The summed E-state index contributed by atoms with van der Waals surface area (Å²) in [5.41, 5.74) is 0.529. The molecule has 1 saturated heterocycles. The summed E-state index contributed by atoms with van der Waals surface area (Å²) in [6, 6.07) is 3.18. The topological polar surface area (TPSA) is 71.2 Å². The number of H-pyrrole nitrogens is 1. The summed E-state index contributed by atoms with van der Waals surface area (Å²) in [4.78, 5) is 26.2. The fourth-order valence-electron chi connectivity index (χ4n) is 2.13. The van der Waals surface area contributed by atoms with Crippen LogP contribution in [0.1, 0.15) is 35.8 Å². The quantitative estimate of drug-likeness (QED) is 0.840. The zero-order valence-corrected chi connectivity index (χ0v) is 10.7. The highest BCUT2D eigenvalue weighted by molar-refractivity contribution is 5.94. The maximum absolute atomic E-state index is 12.0. The minimum absolute atomic E-state index is 0.0541. The maximum atomic E-state index is 12.0. The van der Waals surface area contributed by atoms with Crippen molar-refractivity contribution in [3.05, 3.63) is 33.7 Å². The zero-order valence-electron chi connectivity index (χ0n) is 10.7. The van der Waals surface area contributed by atoms with E-state index in [1.807, 2.05) is 6.92 Å². The molecule has 18 heavy (non-hydrogen) atoms. The first-order valence-electron chi connectivity index (χ1n) is 6.20. The molecule has 1 aliphatic rings. The number of pyridine rings is 1. The molecule has 0 radical (unpaired) electrons. The molecule has 2 N–H and O–H groups in total. The zero-order chi connectivity index (χ0) is 13.1. The van der Waals surface area contributed by atoms with Gasteiger partial charge in [0.1, 0.15) is 5.56 Å². The molecule has 2 atom stereocenters. The lowest BCUT2D eigenvalue weighted by Crippen LogP contribution is -2.42. The summed E-state index contributed by atoms with van der Waals surface area (Å²) >= 11 is 0. The first-order chi connectivity index (χ1) is 8.58. The Balaban J connectivity index is 2.05. The Labute approximate surface area is 106 Å². The SMILES string of the molecule is Cc1ccc(C(=O)N[C@@H](C)[C@H]2CCCO2)c(=O)[nH]1. The average Bonchev–Trinajstić information content (AvgIpc) is 2.81. The predicted molar refractivity (Wildman–Crippen MR) is 67.7 cm³/mol. The fourth-order valence-corrected chi connectivity index (χ4v) is 2.13. The van der Waals surface area contributed by atoms with E-state index in [1.165, 1.54) is 0 Å². The number of hydrogen-bond acceptors (Lipinski definition) is 3. The summed E-state index contributed by atoms with van der Waals surface area (Å²) in [5.74, 6) is -0.348. The predicted octanol–water partition coefficient (Wildman–Crippen LogP) is 0.981. The minimum Gasteiger partial charge on any atom is -0.376 e. The molecule has 1 aromatic rings. The number of ether oxygens (including phenoxy) is 1. The average molecular weight is 250 g/mol. The molecule has 0 unspecified atom stereocenters. The van der Waals surface area contributed by atoms with E-state index in [0.29, 0.717) is 0 Å². The van der Waals surface area contributed by atoms with Crippen LogP contribution < -0.4 is 10.9 Å². The van der Waals surface area contributed by atoms with Crippen molar-refractivity contribution in [3.8, 4) is 0 Å². The highest BCUT2D eigenvalue weighted by Crippen LogP contribution is 2.15. The standard InChI is InChI=1S/C13H18N2O3/c1-8-5-6-10(12(16)14-8)13(17)15-9(2)11-4-3-7-18-11/h5-6,9,11H,3-4,7H2,1-2H3,(H,14,16)(H,15,17)/t9-,11+/m0/s1. The van der Waals surface area contributed by atoms with Crippen molar-refractivity contribution in [3.63, 3.8) is 0 Å². The molecule has 5 heteroatoms. The number of carbonyl (C=O) groups is 1. The number of hydrogen-bond donors (Lipinski definition) is 2. The lowest BCUT2D eigenvalue weighted by molar-refractivity contribution is 0.0711. The van der Waals surface area contributed by atoms with E-state index in [-0.39, 0.29) is 29.2 Å². The number of aryl methyl sites for hydroxylation is 1. The number of rotatable bonds is 3. The van der Waals surface area contributed by atoms with E-state index >= 15 is 0 Å². The maximum Gasteiger partial charge on any atom is 0.260 e. The van der Waals surface area contributed by atoms with Gasteiger partial charge in [0.15, 0.2) is 0 Å². The van der Waals surface area contributed by atoms with Gasteiger partial charge in [0.25, 0.3) is 11.5 Å². The van der Waals surface area contributed by atoms with E-state index in [1.54, 1.807) is 19.1 Å². The second-order valence-corrected chi connectivity index (χ2v) is 4.70. The second-order valence-electron chi connectivity index (χ2n) is 4.70. The van der Waals surface area contributed by atoms with Gasteiger partial charge in [0.05, 0.1) is 12.1 Å². The number of aromatic amines is 1. The molecule has 2 rings (SSSR count). The van der Waals surface area contributed by atoms with Gasteiger partial charge in [0.2, 0.25) is 0 Å². The molecular formula is C13H18N2O3. The van der Waals surface area contributed by atoms with Gasteiger partial charge in [-0.1, -0.05) is 0 Å². The molecule has 0 aliphatic carbocycles. The minimum atomic E-state index is -0.355. The number of nitrogens with one attached hydrogen (secondary N) is 2. The van der Waals surface area contributed by atoms with Crippen molar-refractivity contribution in [2.45, 2.75) is 38.8 Å². The van der Waals surface area contributed by atoms with Crippen LogP contribution in [0.3, 0.4) is 0 Å². The van der Waals surface area contributed by atoms with Crippen LogP contribution in [0.5, 0.6) is 0 Å². The molecule has 1 aliphatic heterocycles. The normalized spacial score (nSPS) is 20.7. The lowest BCUT2D eigenvalue weighted by atomic mass is 10.1. The Morgan fingerprint density at radius 3 is 2.94 bits per heavy atom. The van der Waals surface area contributed by atoms with E-state index in [0.717, 1.165) is 25.1 Å². The highest BCUT2D eigenvalue weighted by atomic mass is 16.5. The Morgan fingerprint density at radius 1 is 1.56 bits per heavy atom. The third kappa shape index (κ3) is 2.79. The van der Waals surface area contributed by atoms with Gasteiger partial charge in [-0.15, -0.1) is 0 Å². The van der Waals surface area contributed by atoms with Gasteiger partial charge < -0.3 is 15.0 Å². The van der Waals surface area contributed by atoms with E-state index < -0.39 is 0 Å². The third-order valence-corrected chi connectivity index (χ3v) is 3.18. The molecule has 1 aromatic heterocycles. The fraction of sp³-hybridized carbons (Fsp3) is 0.538. The van der Waals surface area contributed by atoms with Gasteiger partial charge in [-0.25, -0.2) is 0 Å². The molecule has 1 fully saturated rings. The van der Waals surface area contributed by atoms with Crippen LogP contribution in [-0.2, 0) is 4.74 Å². The summed E-state index contributed by atoms with van der Waals surface area (Å²) in [7, 11) is 0.